The third-order valence-electron chi connectivity index (χ3n) is 3.47. The van der Waals surface area contributed by atoms with E-state index >= 15 is 0 Å². The molecule has 1 atom stereocenters. The molecule has 2 rings (SSSR count). The van der Waals surface area contributed by atoms with E-state index in [4.69, 9.17) is 16.3 Å². The zero-order valence-corrected chi connectivity index (χ0v) is 13.7. The number of piperazine rings is 1. The van der Waals surface area contributed by atoms with Crippen LogP contribution >= 0.6 is 11.6 Å². The minimum Gasteiger partial charge on any atom is -0.381 e. The van der Waals surface area contributed by atoms with E-state index in [1.165, 1.54) is 0 Å². The summed E-state index contributed by atoms with van der Waals surface area (Å²) in [5, 5.41) is 3.86. The van der Waals surface area contributed by atoms with Crippen molar-refractivity contribution < 1.29 is 13.2 Å². The molecular formula is C14H21ClN2O3S. The maximum absolute atomic E-state index is 12.5. The Bertz CT molecular complexity index is 565. The Hall–Kier alpha value is -0.660. The van der Waals surface area contributed by atoms with Crippen molar-refractivity contribution in [3.63, 3.8) is 0 Å². The van der Waals surface area contributed by atoms with Gasteiger partial charge in [0.05, 0.1) is 18.4 Å². The minimum atomic E-state index is -3.34. The van der Waals surface area contributed by atoms with Gasteiger partial charge in [0.15, 0.2) is 0 Å². The van der Waals surface area contributed by atoms with Crippen LogP contribution in [0.2, 0.25) is 5.02 Å². The zero-order valence-electron chi connectivity index (χ0n) is 12.1. The monoisotopic (exact) mass is 332 g/mol. The first-order chi connectivity index (χ1) is 10.0. The Balaban J connectivity index is 2.19. The summed E-state index contributed by atoms with van der Waals surface area (Å²) < 4.78 is 31.8. The second kappa shape index (κ2) is 7.56. The van der Waals surface area contributed by atoms with Gasteiger partial charge in [-0.25, -0.2) is 8.42 Å². The predicted molar refractivity (Wildman–Crippen MR) is 84.0 cm³/mol. The van der Waals surface area contributed by atoms with E-state index in [9.17, 15) is 8.42 Å². The number of nitrogens with one attached hydrogen (secondary N) is 1. The van der Waals surface area contributed by atoms with E-state index in [0.717, 1.165) is 5.56 Å². The maximum atomic E-state index is 12.5. The summed E-state index contributed by atoms with van der Waals surface area (Å²) in [6, 6.07) is 7.15. The SMILES string of the molecule is CCOCCS(=O)(=O)N1CCNCC1c1cccc(Cl)c1. The summed E-state index contributed by atoms with van der Waals surface area (Å²) in [5.41, 5.74) is 0.912. The van der Waals surface area contributed by atoms with Crippen LogP contribution < -0.4 is 5.32 Å². The molecule has 1 aliphatic rings. The average molecular weight is 333 g/mol. The van der Waals surface area contributed by atoms with Crippen LogP contribution in [0.25, 0.3) is 0 Å². The Labute approximate surface area is 131 Å². The lowest BCUT2D eigenvalue weighted by atomic mass is 10.1. The van der Waals surface area contributed by atoms with Crippen molar-refractivity contribution in [1.82, 2.24) is 9.62 Å². The third kappa shape index (κ3) is 4.40. The second-order valence-electron chi connectivity index (χ2n) is 4.90. The molecular weight excluding hydrogens is 312 g/mol. The fraction of sp³-hybridized carbons (Fsp3) is 0.571. The molecule has 1 aromatic rings. The molecule has 1 unspecified atom stereocenters. The molecule has 5 nitrogen and oxygen atoms in total. The summed E-state index contributed by atoms with van der Waals surface area (Å²) >= 11 is 6.02. The molecule has 0 spiro atoms. The normalized spacial score (nSPS) is 20.6. The van der Waals surface area contributed by atoms with Gasteiger partial charge in [0.1, 0.15) is 0 Å². The van der Waals surface area contributed by atoms with Gasteiger partial charge in [0.2, 0.25) is 10.0 Å². The first kappa shape index (κ1) is 16.7. The molecule has 1 heterocycles. The standard InChI is InChI=1S/C14H21ClN2O3S/c1-2-20-8-9-21(18,19)17-7-6-16-11-14(17)12-4-3-5-13(15)10-12/h3-5,10,14,16H,2,6-9,11H2,1H3. The molecule has 21 heavy (non-hydrogen) atoms. The van der Waals surface area contributed by atoms with E-state index in [2.05, 4.69) is 5.32 Å². The Morgan fingerprint density at radius 2 is 2.29 bits per heavy atom. The van der Waals surface area contributed by atoms with Crippen LogP contribution in [0.3, 0.4) is 0 Å². The Kier molecular flexibility index (Phi) is 6.01. The van der Waals surface area contributed by atoms with Crippen LogP contribution in [0.15, 0.2) is 24.3 Å². The number of halogens is 1. The molecule has 1 fully saturated rings. The van der Waals surface area contributed by atoms with E-state index in [0.29, 0.717) is 31.3 Å². The lowest BCUT2D eigenvalue weighted by Gasteiger charge is -2.35. The van der Waals surface area contributed by atoms with Gasteiger partial charge in [0.25, 0.3) is 0 Å². The molecule has 1 aromatic carbocycles. The lowest BCUT2D eigenvalue weighted by Crippen LogP contribution is -2.49. The van der Waals surface area contributed by atoms with Crippen LogP contribution in [-0.4, -0.2) is 51.3 Å². The topological polar surface area (TPSA) is 58.6 Å². The maximum Gasteiger partial charge on any atom is 0.217 e. The number of hydrogen-bond donors (Lipinski definition) is 1. The lowest BCUT2D eigenvalue weighted by molar-refractivity contribution is 0.161. The number of hydrogen-bond acceptors (Lipinski definition) is 4. The number of nitrogens with zero attached hydrogens (tertiary/aromatic N) is 1. The molecule has 0 amide bonds. The summed E-state index contributed by atoms with van der Waals surface area (Å²) in [4.78, 5) is 0. The van der Waals surface area contributed by atoms with Gasteiger partial charge in [-0.15, -0.1) is 0 Å². The molecule has 0 radical (unpaired) electrons. The fourth-order valence-corrected chi connectivity index (χ4v) is 4.16. The number of ether oxygens (including phenoxy) is 1. The highest BCUT2D eigenvalue weighted by molar-refractivity contribution is 7.89. The molecule has 1 saturated heterocycles. The fourth-order valence-electron chi connectivity index (χ4n) is 2.44. The summed E-state index contributed by atoms with van der Waals surface area (Å²) in [6.07, 6.45) is 0. The second-order valence-corrected chi connectivity index (χ2v) is 7.38. The molecule has 0 saturated carbocycles. The quantitative estimate of drug-likeness (QED) is 0.805. The average Bonchev–Trinajstić information content (AvgIpc) is 2.47. The third-order valence-corrected chi connectivity index (χ3v) is 5.54. The highest BCUT2D eigenvalue weighted by atomic mass is 35.5. The van der Waals surface area contributed by atoms with Crippen molar-refractivity contribution in [2.75, 3.05) is 38.6 Å². The van der Waals surface area contributed by atoms with Crippen LogP contribution in [0.4, 0.5) is 0 Å². The first-order valence-electron chi connectivity index (χ1n) is 7.08. The van der Waals surface area contributed by atoms with Gasteiger partial charge >= 0.3 is 0 Å². The highest BCUT2D eigenvalue weighted by Crippen LogP contribution is 2.27. The van der Waals surface area contributed by atoms with Gasteiger partial charge < -0.3 is 10.1 Å². The summed E-state index contributed by atoms with van der Waals surface area (Å²) in [5.74, 6) is 0.0118. The van der Waals surface area contributed by atoms with Crippen molar-refractivity contribution in [1.29, 1.82) is 0 Å². The van der Waals surface area contributed by atoms with Crippen LogP contribution in [0.5, 0.6) is 0 Å². The first-order valence-corrected chi connectivity index (χ1v) is 9.06. The Morgan fingerprint density at radius 3 is 3.00 bits per heavy atom. The van der Waals surface area contributed by atoms with E-state index in [-0.39, 0.29) is 18.4 Å². The molecule has 0 aromatic heterocycles. The van der Waals surface area contributed by atoms with Gasteiger partial charge in [-0.2, -0.15) is 4.31 Å². The summed E-state index contributed by atoms with van der Waals surface area (Å²) in [7, 11) is -3.34. The van der Waals surface area contributed by atoms with Crippen LogP contribution in [0.1, 0.15) is 18.5 Å². The molecule has 1 aliphatic heterocycles. The number of sulfonamides is 1. The molecule has 0 aliphatic carbocycles. The van der Waals surface area contributed by atoms with Gasteiger partial charge in [-0.05, 0) is 24.6 Å². The van der Waals surface area contributed by atoms with Gasteiger partial charge in [-0.1, -0.05) is 23.7 Å². The van der Waals surface area contributed by atoms with Crippen molar-refractivity contribution in [3.8, 4) is 0 Å². The minimum absolute atomic E-state index is 0.0118. The predicted octanol–water partition coefficient (Wildman–Crippen LogP) is 1.65. The molecule has 118 valence electrons. The van der Waals surface area contributed by atoms with Crippen molar-refractivity contribution in [3.05, 3.63) is 34.9 Å². The van der Waals surface area contributed by atoms with Crippen LogP contribution in [0, 0.1) is 0 Å². The zero-order chi connectivity index (χ0) is 15.3. The van der Waals surface area contributed by atoms with Gasteiger partial charge in [-0.3, -0.25) is 0 Å². The molecule has 0 bridgehead atoms. The largest absolute Gasteiger partial charge is 0.381 e. The van der Waals surface area contributed by atoms with Crippen LogP contribution in [-0.2, 0) is 14.8 Å². The number of benzene rings is 1. The van der Waals surface area contributed by atoms with E-state index in [1.807, 2.05) is 25.1 Å². The highest BCUT2D eigenvalue weighted by Gasteiger charge is 2.32. The smallest absolute Gasteiger partial charge is 0.217 e. The van der Waals surface area contributed by atoms with Crippen molar-refractivity contribution >= 4 is 21.6 Å². The van der Waals surface area contributed by atoms with E-state index in [1.54, 1.807) is 10.4 Å². The van der Waals surface area contributed by atoms with E-state index < -0.39 is 10.0 Å². The Morgan fingerprint density at radius 1 is 1.48 bits per heavy atom. The van der Waals surface area contributed by atoms with Crippen molar-refractivity contribution in [2.45, 2.75) is 13.0 Å². The number of rotatable bonds is 6. The molecule has 7 heteroatoms. The molecule has 1 N–H and O–H groups in total. The summed E-state index contributed by atoms with van der Waals surface area (Å²) in [6.45, 7) is 4.32. The van der Waals surface area contributed by atoms with Crippen molar-refractivity contribution in [2.24, 2.45) is 0 Å². The van der Waals surface area contributed by atoms with Gasteiger partial charge in [0, 0.05) is 31.3 Å².